The summed E-state index contributed by atoms with van der Waals surface area (Å²) in [4.78, 5) is 1.04. The molecule has 0 fully saturated rings. The van der Waals surface area contributed by atoms with Crippen molar-refractivity contribution in [2.24, 2.45) is 0 Å². The summed E-state index contributed by atoms with van der Waals surface area (Å²) in [5.74, 6) is 2.27. The molecule has 0 saturated heterocycles. The summed E-state index contributed by atoms with van der Waals surface area (Å²) >= 11 is 0. The van der Waals surface area contributed by atoms with E-state index in [1.54, 1.807) is 0 Å². The maximum atomic E-state index is 13.1. The summed E-state index contributed by atoms with van der Waals surface area (Å²) in [5, 5.41) is 0. The molecule has 80 valence electrons. The van der Waals surface area contributed by atoms with Gasteiger partial charge in [0, 0.05) is 22.2 Å². The second-order valence-electron chi connectivity index (χ2n) is 3.66. The standard InChI is InChI=1S/C12H20OS/c1-4-14(13,5-2,6-3)12-10-8-7-9-11-12/h7-11H,4-6H2,1-3H3. The van der Waals surface area contributed by atoms with E-state index in [-0.39, 0.29) is 0 Å². The van der Waals surface area contributed by atoms with Gasteiger partial charge in [0.15, 0.2) is 0 Å². The first-order valence-electron chi connectivity index (χ1n) is 5.27. The van der Waals surface area contributed by atoms with Crippen LogP contribution in [0.1, 0.15) is 20.8 Å². The number of rotatable bonds is 4. The van der Waals surface area contributed by atoms with E-state index in [2.05, 4.69) is 0 Å². The normalized spacial score (nSPS) is 14.6. The molecule has 0 N–H and O–H groups in total. The summed E-state index contributed by atoms with van der Waals surface area (Å²) in [6, 6.07) is 9.94. The third-order valence-electron chi connectivity index (χ3n) is 3.35. The average Bonchev–Trinajstić information content (AvgIpc) is 2.30. The topological polar surface area (TPSA) is 17.1 Å². The van der Waals surface area contributed by atoms with Crippen molar-refractivity contribution in [3.63, 3.8) is 0 Å². The third-order valence-corrected chi connectivity index (χ3v) is 8.84. The highest BCUT2D eigenvalue weighted by atomic mass is 32.3. The smallest absolute Gasteiger partial charge is 0.0172 e. The van der Waals surface area contributed by atoms with Gasteiger partial charge in [0.1, 0.15) is 0 Å². The molecule has 0 bridgehead atoms. The van der Waals surface area contributed by atoms with Crippen LogP contribution in [-0.2, 0) is 9.07 Å². The van der Waals surface area contributed by atoms with Crippen LogP contribution in [0.15, 0.2) is 35.2 Å². The Morgan fingerprint density at radius 1 is 0.929 bits per heavy atom. The van der Waals surface area contributed by atoms with Crippen LogP contribution in [0.2, 0.25) is 0 Å². The van der Waals surface area contributed by atoms with E-state index in [0.717, 1.165) is 22.2 Å². The Morgan fingerprint density at radius 2 is 1.36 bits per heavy atom. The van der Waals surface area contributed by atoms with Gasteiger partial charge in [-0.25, -0.2) is 0 Å². The monoisotopic (exact) mass is 212 g/mol. The first kappa shape index (κ1) is 11.4. The summed E-state index contributed by atoms with van der Waals surface area (Å²) in [6.07, 6.45) is 0. The van der Waals surface area contributed by atoms with Crippen molar-refractivity contribution in [2.75, 3.05) is 17.3 Å². The lowest BCUT2D eigenvalue weighted by Crippen LogP contribution is -2.40. The van der Waals surface area contributed by atoms with Gasteiger partial charge in [0.25, 0.3) is 0 Å². The van der Waals surface area contributed by atoms with Crippen LogP contribution >= 0.6 is 0 Å². The molecule has 1 rings (SSSR count). The van der Waals surface area contributed by atoms with Crippen LogP contribution in [0.3, 0.4) is 0 Å². The van der Waals surface area contributed by atoms with Crippen LogP contribution in [0.25, 0.3) is 0 Å². The molecule has 0 amide bonds. The highest BCUT2D eigenvalue weighted by Gasteiger charge is 2.32. The number of benzene rings is 1. The zero-order chi connectivity index (χ0) is 10.7. The SMILES string of the molecule is CCS(=O)(CC)(CC)c1ccccc1. The largest absolute Gasteiger partial charge is 0.278 e. The Bertz CT molecular complexity index is 332. The van der Waals surface area contributed by atoms with E-state index in [4.69, 9.17) is 0 Å². The molecule has 0 unspecified atom stereocenters. The summed E-state index contributed by atoms with van der Waals surface area (Å²) in [6.45, 7) is 6.11. The van der Waals surface area contributed by atoms with Gasteiger partial charge in [0.2, 0.25) is 0 Å². The van der Waals surface area contributed by atoms with Gasteiger partial charge in [-0.15, -0.1) is 0 Å². The van der Waals surface area contributed by atoms with E-state index in [1.165, 1.54) is 0 Å². The molecule has 0 spiro atoms. The zero-order valence-electron chi connectivity index (χ0n) is 9.32. The molecule has 0 heterocycles. The molecule has 0 aliphatic rings. The van der Waals surface area contributed by atoms with Crippen molar-refractivity contribution < 1.29 is 4.21 Å². The fourth-order valence-corrected chi connectivity index (χ4v) is 4.95. The summed E-state index contributed by atoms with van der Waals surface area (Å²) < 4.78 is 13.1. The fraction of sp³-hybridized carbons (Fsp3) is 0.500. The molecule has 0 saturated carbocycles. The Balaban J connectivity index is 3.34. The lowest BCUT2D eigenvalue weighted by Gasteiger charge is -2.40. The van der Waals surface area contributed by atoms with Gasteiger partial charge in [-0.3, -0.25) is 4.21 Å². The van der Waals surface area contributed by atoms with E-state index < -0.39 is 9.07 Å². The average molecular weight is 212 g/mol. The van der Waals surface area contributed by atoms with Gasteiger partial charge < -0.3 is 0 Å². The minimum atomic E-state index is -2.55. The summed E-state index contributed by atoms with van der Waals surface area (Å²) in [5.41, 5.74) is 0. The molecule has 1 aromatic rings. The summed E-state index contributed by atoms with van der Waals surface area (Å²) in [7, 11) is -2.55. The highest BCUT2D eigenvalue weighted by Crippen LogP contribution is 2.35. The van der Waals surface area contributed by atoms with Gasteiger partial charge in [-0.05, 0) is 12.1 Å². The number of hydrogen-bond donors (Lipinski definition) is 0. The van der Waals surface area contributed by atoms with Crippen LogP contribution in [0.4, 0.5) is 0 Å². The Kier molecular flexibility index (Phi) is 3.15. The van der Waals surface area contributed by atoms with Crippen molar-refractivity contribution in [3.8, 4) is 0 Å². The highest BCUT2D eigenvalue weighted by molar-refractivity contribution is 8.19. The van der Waals surface area contributed by atoms with Crippen LogP contribution in [-0.4, -0.2) is 21.5 Å². The first-order chi connectivity index (χ1) is 6.59. The Labute approximate surface area is 86.9 Å². The minimum Gasteiger partial charge on any atom is -0.278 e. The molecule has 2 heteroatoms. The van der Waals surface area contributed by atoms with Crippen molar-refractivity contribution in [1.82, 2.24) is 0 Å². The predicted octanol–water partition coefficient (Wildman–Crippen LogP) is 2.93. The molecular formula is C12H20OS. The Morgan fingerprint density at radius 3 is 1.71 bits per heavy atom. The van der Waals surface area contributed by atoms with Crippen LogP contribution in [0, 0.1) is 0 Å². The molecule has 0 aromatic heterocycles. The van der Waals surface area contributed by atoms with Crippen LogP contribution in [0.5, 0.6) is 0 Å². The quantitative estimate of drug-likeness (QED) is 0.750. The van der Waals surface area contributed by atoms with E-state index >= 15 is 0 Å². The van der Waals surface area contributed by atoms with E-state index in [0.29, 0.717) is 0 Å². The van der Waals surface area contributed by atoms with Crippen molar-refractivity contribution in [3.05, 3.63) is 30.3 Å². The number of hydrogen-bond acceptors (Lipinski definition) is 1. The molecule has 0 aliphatic heterocycles. The maximum absolute atomic E-state index is 13.1. The lowest BCUT2D eigenvalue weighted by atomic mass is 10.4. The second-order valence-corrected chi connectivity index (χ2v) is 8.83. The molecule has 0 radical (unpaired) electrons. The van der Waals surface area contributed by atoms with Crippen molar-refractivity contribution >= 4 is 9.07 Å². The lowest BCUT2D eigenvalue weighted by molar-refractivity contribution is 0.656. The minimum absolute atomic E-state index is 0.758. The second kappa shape index (κ2) is 3.85. The van der Waals surface area contributed by atoms with Gasteiger partial charge >= 0.3 is 0 Å². The third kappa shape index (κ3) is 1.63. The molecular weight excluding hydrogens is 192 g/mol. The first-order valence-corrected chi connectivity index (χ1v) is 7.74. The van der Waals surface area contributed by atoms with Gasteiger partial charge in [-0.2, -0.15) is 0 Å². The van der Waals surface area contributed by atoms with Gasteiger partial charge in [0.05, 0.1) is 0 Å². The molecule has 0 aliphatic carbocycles. The van der Waals surface area contributed by atoms with Gasteiger partial charge in [-0.1, -0.05) is 48.0 Å². The maximum Gasteiger partial charge on any atom is 0.0172 e. The predicted molar refractivity (Wildman–Crippen MR) is 64.5 cm³/mol. The molecule has 1 nitrogen and oxygen atoms in total. The van der Waals surface area contributed by atoms with E-state index in [9.17, 15) is 4.21 Å². The molecule has 14 heavy (non-hydrogen) atoms. The fourth-order valence-electron chi connectivity index (χ4n) is 1.88. The van der Waals surface area contributed by atoms with Crippen molar-refractivity contribution in [2.45, 2.75) is 25.7 Å². The molecule has 1 aromatic carbocycles. The van der Waals surface area contributed by atoms with Crippen molar-refractivity contribution in [1.29, 1.82) is 0 Å². The molecule has 0 atom stereocenters. The zero-order valence-corrected chi connectivity index (χ0v) is 10.1. The van der Waals surface area contributed by atoms with Crippen LogP contribution < -0.4 is 0 Å². The Hall–Kier alpha value is -0.630. The van der Waals surface area contributed by atoms with E-state index in [1.807, 2.05) is 51.1 Å².